The summed E-state index contributed by atoms with van der Waals surface area (Å²) < 4.78 is 0. The number of hydrogen-bond acceptors (Lipinski definition) is 5. The Hall–Kier alpha value is -2.24. The summed E-state index contributed by atoms with van der Waals surface area (Å²) in [5, 5.41) is 23.8. The minimum Gasteiger partial charge on any atom is -0.507 e. The maximum absolute atomic E-state index is 11.1. The Labute approximate surface area is 104 Å². The molecule has 2 rings (SSSR count). The number of nitrogens with zero attached hydrogens (tertiary/aromatic N) is 3. The third kappa shape index (κ3) is 1.85. The van der Waals surface area contributed by atoms with Gasteiger partial charge in [-0.1, -0.05) is 13.8 Å². The van der Waals surface area contributed by atoms with Gasteiger partial charge in [0, 0.05) is 5.56 Å². The van der Waals surface area contributed by atoms with Crippen LogP contribution >= 0.6 is 0 Å². The smallest absolute Gasteiger partial charge is 0.208 e. The quantitative estimate of drug-likeness (QED) is 0.806. The first-order valence-corrected chi connectivity index (χ1v) is 5.61. The number of H-pyrrole nitrogens is 1. The normalized spacial score (nSPS) is 10.9. The van der Waals surface area contributed by atoms with Crippen LogP contribution in [0.25, 0.3) is 11.4 Å². The zero-order valence-corrected chi connectivity index (χ0v) is 10.4. The maximum Gasteiger partial charge on any atom is 0.208 e. The van der Waals surface area contributed by atoms with E-state index < -0.39 is 0 Å². The van der Waals surface area contributed by atoms with Gasteiger partial charge >= 0.3 is 0 Å². The molecule has 1 heterocycles. The Balaban J connectivity index is 2.78. The van der Waals surface area contributed by atoms with Crippen molar-refractivity contribution in [3.8, 4) is 17.1 Å². The molecule has 0 aliphatic heterocycles. The van der Waals surface area contributed by atoms with Crippen LogP contribution in [0.1, 0.15) is 41.3 Å². The molecule has 6 heteroatoms. The van der Waals surface area contributed by atoms with Crippen molar-refractivity contribution in [1.82, 2.24) is 20.6 Å². The number of nitrogens with one attached hydrogen (secondary N) is 1. The molecule has 0 unspecified atom stereocenters. The number of hydrogen-bond donors (Lipinski definition) is 2. The van der Waals surface area contributed by atoms with Crippen LogP contribution in [0, 0.1) is 6.92 Å². The van der Waals surface area contributed by atoms with Crippen molar-refractivity contribution in [2.75, 3.05) is 0 Å². The van der Waals surface area contributed by atoms with Crippen LogP contribution in [0.5, 0.6) is 5.75 Å². The number of aldehydes is 1. The molecule has 0 aliphatic rings. The largest absolute Gasteiger partial charge is 0.507 e. The predicted octanol–water partition coefficient (Wildman–Crippen LogP) is 1.82. The summed E-state index contributed by atoms with van der Waals surface area (Å²) in [4.78, 5) is 11.1. The van der Waals surface area contributed by atoms with Gasteiger partial charge in [0.05, 0.1) is 5.56 Å². The number of phenols is 1. The summed E-state index contributed by atoms with van der Waals surface area (Å²) in [6.07, 6.45) is 0.768. The molecule has 18 heavy (non-hydrogen) atoms. The second kappa shape index (κ2) is 4.56. The fourth-order valence-electron chi connectivity index (χ4n) is 1.91. The number of aromatic hydroxyl groups is 1. The number of phenolic OH excluding ortho intramolecular Hbond substituents is 1. The number of aromatic amines is 1. The van der Waals surface area contributed by atoms with E-state index in [0.29, 0.717) is 22.3 Å². The molecule has 0 spiro atoms. The fourth-order valence-corrected chi connectivity index (χ4v) is 1.91. The highest BCUT2D eigenvalue weighted by Gasteiger charge is 2.20. The predicted molar refractivity (Wildman–Crippen MR) is 65.5 cm³/mol. The Kier molecular flexibility index (Phi) is 3.10. The summed E-state index contributed by atoms with van der Waals surface area (Å²) in [6.45, 7) is 5.64. The molecular formula is C12H14N4O2. The fraction of sp³-hybridized carbons (Fsp3) is 0.333. The van der Waals surface area contributed by atoms with E-state index >= 15 is 0 Å². The molecule has 6 nitrogen and oxygen atoms in total. The molecule has 94 valence electrons. The molecule has 1 aromatic heterocycles. The summed E-state index contributed by atoms with van der Waals surface area (Å²) in [6, 6.07) is 1.70. The van der Waals surface area contributed by atoms with Crippen LogP contribution in [0.4, 0.5) is 0 Å². The highest BCUT2D eigenvalue weighted by atomic mass is 16.3. The first-order valence-electron chi connectivity index (χ1n) is 5.61. The van der Waals surface area contributed by atoms with Crippen molar-refractivity contribution in [1.29, 1.82) is 0 Å². The summed E-state index contributed by atoms with van der Waals surface area (Å²) in [5.41, 5.74) is 2.32. The molecule has 0 aliphatic carbocycles. The lowest BCUT2D eigenvalue weighted by Crippen LogP contribution is -1.99. The van der Waals surface area contributed by atoms with Crippen LogP contribution in [0.15, 0.2) is 6.07 Å². The Morgan fingerprint density at radius 2 is 2.17 bits per heavy atom. The van der Waals surface area contributed by atoms with Gasteiger partial charge in [0.1, 0.15) is 12.0 Å². The molecule has 0 radical (unpaired) electrons. The molecule has 2 N–H and O–H groups in total. The van der Waals surface area contributed by atoms with Gasteiger partial charge in [-0.2, -0.15) is 5.21 Å². The molecule has 0 saturated carbocycles. The van der Waals surface area contributed by atoms with Gasteiger partial charge in [-0.15, -0.1) is 10.2 Å². The second-order valence-electron chi connectivity index (χ2n) is 4.41. The lowest BCUT2D eigenvalue weighted by atomic mass is 9.92. The lowest BCUT2D eigenvalue weighted by molar-refractivity contribution is 0.112. The third-order valence-electron chi connectivity index (χ3n) is 2.95. The molecule has 0 bridgehead atoms. The zero-order valence-electron chi connectivity index (χ0n) is 10.4. The average Bonchev–Trinajstić information content (AvgIpc) is 2.82. The Morgan fingerprint density at radius 1 is 1.44 bits per heavy atom. The number of carbonyl (C=O) groups excluding carboxylic acids is 1. The van der Waals surface area contributed by atoms with Gasteiger partial charge in [0.2, 0.25) is 5.82 Å². The van der Waals surface area contributed by atoms with Crippen LogP contribution in [0.2, 0.25) is 0 Å². The SMILES string of the molecule is Cc1c(C=O)cc(C(C)C)c(O)c1-c1nn[nH]n1. The molecule has 1 aromatic carbocycles. The number of carbonyl (C=O) groups is 1. The molecule has 0 saturated heterocycles. The van der Waals surface area contributed by atoms with E-state index in [0.717, 1.165) is 6.29 Å². The first-order chi connectivity index (χ1) is 8.56. The minimum absolute atomic E-state index is 0.0925. The van der Waals surface area contributed by atoms with Crippen molar-refractivity contribution in [2.24, 2.45) is 0 Å². The van der Waals surface area contributed by atoms with E-state index in [1.54, 1.807) is 13.0 Å². The summed E-state index contributed by atoms with van der Waals surface area (Å²) in [5.74, 6) is 0.486. The molecular weight excluding hydrogens is 232 g/mol. The van der Waals surface area contributed by atoms with Gasteiger partial charge < -0.3 is 5.11 Å². The third-order valence-corrected chi connectivity index (χ3v) is 2.95. The highest BCUT2D eigenvalue weighted by Crippen LogP contribution is 2.38. The van der Waals surface area contributed by atoms with Crippen LogP contribution in [0.3, 0.4) is 0 Å². The lowest BCUT2D eigenvalue weighted by Gasteiger charge is -2.14. The van der Waals surface area contributed by atoms with Gasteiger partial charge in [-0.05, 0) is 35.2 Å². The van der Waals surface area contributed by atoms with Crippen molar-refractivity contribution < 1.29 is 9.90 Å². The zero-order chi connectivity index (χ0) is 13.3. The van der Waals surface area contributed by atoms with Crippen molar-refractivity contribution in [3.05, 3.63) is 22.8 Å². The van der Waals surface area contributed by atoms with E-state index in [4.69, 9.17) is 0 Å². The second-order valence-corrected chi connectivity index (χ2v) is 4.41. The topological polar surface area (TPSA) is 91.8 Å². The maximum atomic E-state index is 11.1. The van der Waals surface area contributed by atoms with Crippen LogP contribution in [-0.2, 0) is 0 Å². The van der Waals surface area contributed by atoms with E-state index in [-0.39, 0.29) is 17.5 Å². The van der Waals surface area contributed by atoms with E-state index in [2.05, 4.69) is 20.6 Å². The van der Waals surface area contributed by atoms with Gasteiger partial charge in [0.15, 0.2) is 0 Å². The minimum atomic E-state index is 0.0925. The molecule has 0 amide bonds. The highest BCUT2D eigenvalue weighted by molar-refractivity contribution is 5.85. The Bertz CT molecular complexity index is 576. The van der Waals surface area contributed by atoms with E-state index in [1.165, 1.54) is 0 Å². The van der Waals surface area contributed by atoms with Crippen molar-refractivity contribution in [2.45, 2.75) is 26.7 Å². The monoisotopic (exact) mass is 246 g/mol. The molecule has 2 aromatic rings. The number of aromatic nitrogens is 4. The van der Waals surface area contributed by atoms with Gasteiger partial charge in [-0.25, -0.2) is 0 Å². The van der Waals surface area contributed by atoms with Gasteiger partial charge in [0.25, 0.3) is 0 Å². The van der Waals surface area contributed by atoms with Crippen molar-refractivity contribution >= 4 is 6.29 Å². The standard InChI is InChI=1S/C12H14N4O2/c1-6(2)9-4-8(5-17)7(3)10(11(9)18)12-13-15-16-14-12/h4-6,18H,1-3H3,(H,13,14,15,16). The number of benzene rings is 1. The molecule has 0 fully saturated rings. The first kappa shape index (κ1) is 12.2. The molecule has 0 atom stereocenters. The number of tetrazole rings is 1. The average molecular weight is 246 g/mol. The summed E-state index contributed by atoms with van der Waals surface area (Å²) in [7, 11) is 0. The van der Waals surface area contributed by atoms with E-state index in [1.807, 2.05) is 13.8 Å². The summed E-state index contributed by atoms with van der Waals surface area (Å²) >= 11 is 0. The van der Waals surface area contributed by atoms with Crippen molar-refractivity contribution in [3.63, 3.8) is 0 Å². The van der Waals surface area contributed by atoms with Crippen LogP contribution in [-0.4, -0.2) is 32.0 Å². The van der Waals surface area contributed by atoms with E-state index in [9.17, 15) is 9.90 Å². The van der Waals surface area contributed by atoms with Gasteiger partial charge in [-0.3, -0.25) is 4.79 Å². The number of rotatable bonds is 3. The Morgan fingerprint density at radius 3 is 2.67 bits per heavy atom. The van der Waals surface area contributed by atoms with Crippen LogP contribution < -0.4 is 0 Å².